The van der Waals surface area contributed by atoms with Gasteiger partial charge in [-0.3, -0.25) is 4.79 Å². The molecule has 0 radical (unpaired) electrons. The largest absolute Gasteiger partial charge is 0.464 e. The molecular formula is C28H51NO3. The van der Waals surface area contributed by atoms with E-state index in [-0.39, 0.29) is 11.9 Å². The van der Waals surface area contributed by atoms with E-state index in [1.807, 2.05) is 0 Å². The van der Waals surface area contributed by atoms with Gasteiger partial charge in [-0.15, -0.1) is 0 Å². The van der Waals surface area contributed by atoms with E-state index in [1.54, 1.807) is 0 Å². The molecule has 1 saturated heterocycles. The van der Waals surface area contributed by atoms with Gasteiger partial charge in [0.1, 0.15) is 6.04 Å². The summed E-state index contributed by atoms with van der Waals surface area (Å²) in [5.41, 5.74) is 0. The van der Waals surface area contributed by atoms with E-state index in [1.165, 1.54) is 96.3 Å². The first-order valence-electron chi connectivity index (χ1n) is 13.8. The summed E-state index contributed by atoms with van der Waals surface area (Å²) in [6, 6.07) is -0.416. The van der Waals surface area contributed by atoms with Crippen molar-refractivity contribution in [3.05, 3.63) is 12.2 Å². The number of allylic oxidation sites excluding steroid dienone is 2. The molecule has 186 valence electrons. The molecule has 1 aliphatic heterocycles. The van der Waals surface area contributed by atoms with Crippen LogP contribution in [0, 0.1) is 0 Å². The van der Waals surface area contributed by atoms with Crippen LogP contribution in [0.4, 0.5) is 0 Å². The van der Waals surface area contributed by atoms with E-state index in [0.29, 0.717) is 19.4 Å². The molecule has 1 fully saturated rings. The summed E-state index contributed by atoms with van der Waals surface area (Å²) in [5, 5.41) is 2.65. The van der Waals surface area contributed by atoms with Crippen LogP contribution >= 0.6 is 0 Å². The Kier molecular flexibility index (Phi) is 19.3. The molecule has 0 aliphatic carbocycles. The van der Waals surface area contributed by atoms with Crippen LogP contribution in [0.2, 0.25) is 0 Å². The normalized spacial score (nSPS) is 16.0. The van der Waals surface area contributed by atoms with Gasteiger partial charge in [0.15, 0.2) is 0 Å². The smallest absolute Gasteiger partial charge is 0.328 e. The topological polar surface area (TPSA) is 55.4 Å². The van der Waals surface area contributed by atoms with Crippen molar-refractivity contribution in [1.82, 2.24) is 5.32 Å². The van der Waals surface area contributed by atoms with Crippen molar-refractivity contribution < 1.29 is 14.3 Å². The minimum Gasteiger partial charge on any atom is -0.464 e. The lowest BCUT2D eigenvalue weighted by Gasteiger charge is -2.09. The summed E-state index contributed by atoms with van der Waals surface area (Å²) in [6.45, 7) is 2.75. The molecule has 1 amide bonds. The third-order valence-electron chi connectivity index (χ3n) is 6.43. The molecule has 1 heterocycles. The standard InChI is InChI=1S/C28H51NO3/c1-2-3-4-5-6-7-8-9-10-11-12-13-14-15-16-17-18-19-20-21-22-25-32-28(31)26-23-24-27(30)29-26/h17-18,26H,2-16,19-25H2,1H3,(H,29,30)/b18-17+/t26-/m0/s1. The highest BCUT2D eigenvalue weighted by Gasteiger charge is 2.28. The first-order valence-corrected chi connectivity index (χ1v) is 13.8. The fraction of sp³-hybridized carbons (Fsp3) is 0.857. The van der Waals surface area contributed by atoms with Gasteiger partial charge in [-0.25, -0.2) is 4.79 Å². The van der Waals surface area contributed by atoms with Crippen LogP contribution in [0.25, 0.3) is 0 Å². The number of hydrogen-bond donors (Lipinski definition) is 1. The molecule has 1 aliphatic rings. The number of carbonyl (C=O) groups is 2. The van der Waals surface area contributed by atoms with E-state index in [2.05, 4.69) is 24.4 Å². The second kappa shape index (κ2) is 21.5. The van der Waals surface area contributed by atoms with Crippen LogP contribution in [-0.2, 0) is 14.3 Å². The number of esters is 1. The molecule has 4 nitrogen and oxygen atoms in total. The minimum atomic E-state index is -0.416. The van der Waals surface area contributed by atoms with Gasteiger partial charge >= 0.3 is 5.97 Å². The maximum absolute atomic E-state index is 11.8. The van der Waals surface area contributed by atoms with Gasteiger partial charge in [0.25, 0.3) is 0 Å². The maximum atomic E-state index is 11.8. The Hall–Kier alpha value is -1.32. The summed E-state index contributed by atoms with van der Waals surface area (Å²) in [6.07, 6.45) is 30.9. The van der Waals surface area contributed by atoms with Gasteiger partial charge < -0.3 is 10.1 Å². The quantitative estimate of drug-likeness (QED) is 0.104. The fourth-order valence-electron chi connectivity index (χ4n) is 4.30. The lowest BCUT2D eigenvalue weighted by Crippen LogP contribution is -2.34. The van der Waals surface area contributed by atoms with Crippen molar-refractivity contribution in [1.29, 1.82) is 0 Å². The van der Waals surface area contributed by atoms with Crippen molar-refractivity contribution in [3.63, 3.8) is 0 Å². The third-order valence-corrected chi connectivity index (χ3v) is 6.43. The zero-order valence-electron chi connectivity index (χ0n) is 21.0. The molecule has 0 aromatic carbocycles. The number of nitrogens with one attached hydrogen (secondary N) is 1. The first-order chi connectivity index (χ1) is 15.7. The van der Waals surface area contributed by atoms with Crippen LogP contribution in [0.15, 0.2) is 12.2 Å². The van der Waals surface area contributed by atoms with Gasteiger partial charge in [-0.05, 0) is 44.9 Å². The SMILES string of the molecule is CCCCCCCCCCCCCCCC/C=C/CCCCCOC(=O)[C@@H]1CCC(=O)N1. The molecular weight excluding hydrogens is 398 g/mol. The van der Waals surface area contributed by atoms with Crippen LogP contribution in [-0.4, -0.2) is 24.5 Å². The van der Waals surface area contributed by atoms with Gasteiger partial charge in [0, 0.05) is 6.42 Å². The number of unbranched alkanes of at least 4 members (excludes halogenated alkanes) is 17. The molecule has 1 N–H and O–H groups in total. The second-order valence-corrected chi connectivity index (χ2v) is 9.53. The van der Waals surface area contributed by atoms with Crippen LogP contribution in [0.1, 0.15) is 142 Å². The Balaban J connectivity index is 1.72. The van der Waals surface area contributed by atoms with Crippen molar-refractivity contribution >= 4 is 11.9 Å². The number of hydrogen-bond acceptors (Lipinski definition) is 3. The van der Waals surface area contributed by atoms with Crippen molar-refractivity contribution in [2.24, 2.45) is 0 Å². The highest BCUT2D eigenvalue weighted by Crippen LogP contribution is 2.14. The summed E-state index contributed by atoms with van der Waals surface area (Å²) in [7, 11) is 0. The van der Waals surface area contributed by atoms with E-state index in [0.717, 1.165) is 25.7 Å². The summed E-state index contributed by atoms with van der Waals surface area (Å²) >= 11 is 0. The van der Waals surface area contributed by atoms with E-state index in [4.69, 9.17) is 4.74 Å². The molecule has 0 unspecified atom stereocenters. The monoisotopic (exact) mass is 449 g/mol. The molecule has 0 saturated carbocycles. The van der Waals surface area contributed by atoms with Crippen LogP contribution in [0.5, 0.6) is 0 Å². The zero-order chi connectivity index (χ0) is 23.1. The Morgan fingerprint density at radius 3 is 1.72 bits per heavy atom. The Morgan fingerprint density at radius 2 is 1.25 bits per heavy atom. The summed E-state index contributed by atoms with van der Waals surface area (Å²) in [4.78, 5) is 22.9. The molecule has 0 aromatic rings. The van der Waals surface area contributed by atoms with Crippen molar-refractivity contribution in [2.45, 2.75) is 148 Å². The Morgan fingerprint density at radius 1 is 0.781 bits per heavy atom. The van der Waals surface area contributed by atoms with E-state index in [9.17, 15) is 9.59 Å². The predicted molar refractivity (Wildman–Crippen MR) is 135 cm³/mol. The average Bonchev–Trinajstić information content (AvgIpc) is 3.23. The number of rotatable bonds is 22. The van der Waals surface area contributed by atoms with Gasteiger partial charge in [0.2, 0.25) is 5.91 Å². The molecule has 0 bridgehead atoms. The first kappa shape index (κ1) is 28.7. The Labute approximate surface area is 198 Å². The van der Waals surface area contributed by atoms with Crippen LogP contribution < -0.4 is 5.32 Å². The van der Waals surface area contributed by atoms with Crippen molar-refractivity contribution in [2.75, 3.05) is 6.61 Å². The lowest BCUT2D eigenvalue weighted by atomic mass is 10.0. The Bertz CT molecular complexity index is 489. The number of carbonyl (C=O) groups excluding carboxylic acids is 2. The molecule has 4 heteroatoms. The fourth-order valence-corrected chi connectivity index (χ4v) is 4.30. The maximum Gasteiger partial charge on any atom is 0.328 e. The average molecular weight is 450 g/mol. The highest BCUT2D eigenvalue weighted by molar-refractivity contribution is 5.87. The molecule has 0 spiro atoms. The zero-order valence-corrected chi connectivity index (χ0v) is 21.0. The molecule has 1 atom stereocenters. The van der Waals surface area contributed by atoms with E-state index < -0.39 is 6.04 Å². The van der Waals surface area contributed by atoms with Gasteiger partial charge in [-0.2, -0.15) is 0 Å². The second-order valence-electron chi connectivity index (χ2n) is 9.53. The highest BCUT2D eigenvalue weighted by atomic mass is 16.5. The lowest BCUT2D eigenvalue weighted by molar-refractivity contribution is -0.146. The summed E-state index contributed by atoms with van der Waals surface area (Å²) in [5.74, 6) is -0.322. The molecule has 32 heavy (non-hydrogen) atoms. The van der Waals surface area contributed by atoms with Crippen LogP contribution in [0.3, 0.4) is 0 Å². The van der Waals surface area contributed by atoms with Gasteiger partial charge in [-0.1, -0.05) is 103 Å². The van der Waals surface area contributed by atoms with Gasteiger partial charge in [0.05, 0.1) is 6.61 Å². The van der Waals surface area contributed by atoms with E-state index >= 15 is 0 Å². The number of amides is 1. The predicted octanol–water partition coefficient (Wildman–Crippen LogP) is 7.80. The molecule has 1 rings (SSSR count). The summed E-state index contributed by atoms with van der Waals surface area (Å²) < 4.78 is 5.24. The minimum absolute atomic E-state index is 0.0483. The number of ether oxygens (including phenoxy) is 1. The third kappa shape index (κ3) is 17.3. The molecule has 0 aromatic heterocycles. The van der Waals surface area contributed by atoms with Crippen molar-refractivity contribution in [3.8, 4) is 0 Å².